The molecular weight excluding hydrogens is 359 g/mol. The van der Waals surface area contributed by atoms with Crippen LogP contribution in [0, 0.1) is 31.0 Å². The van der Waals surface area contributed by atoms with Gasteiger partial charge in [-0.1, -0.05) is 18.2 Å². The van der Waals surface area contributed by atoms with Gasteiger partial charge in [-0.25, -0.2) is 9.18 Å². The van der Waals surface area contributed by atoms with E-state index in [1.165, 1.54) is 29.2 Å². The Kier molecular flexibility index (Phi) is 7.46. The second-order valence-corrected chi connectivity index (χ2v) is 6.30. The van der Waals surface area contributed by atoms with Crippen LogP contribution in [0.15, 0.2) is 48.5 Å². The topological polar surface area (TPSA) is 70.4 Å². The fourth-order valence-electron chi connectivity index (χ4n) is 2.70. The van der Waals surface area contributed by atoms with Crippen molar-refractivity contribution < 1.29 is 18.7 Å². The molecule has 0 atom stereocenters. The lowest BCUT2D eigenvalue weighted by Crippen LogP contribution is -2.35. The number of hydrogen-bond acceptors (Lipinski definition) is 4. The minimum atomic E-state index is -0.710. The van der Waals surface area contributed by atoms with Crippen molar-refractivity contribution in [3.8, 4) is 6.07 Å². The minimum absolute atomic E-state index is 0.159. The molecule has 0 aromatic heterocycles. The van der Waals surface area contributed by atoms with Gasteiger partial charge in [0.2, 0.25) is 0 Å². The Morgan fingerprint density at radius 1 is 1.18 bits per heavy atom. The van der Waals surface area contributed by atoms with Crippen molar-refractivity contribution in [3.05, 3.63) is 71.0 Å². The van der Waals surface area contributed by atoms with Gasteiger partial charge in [-0.3, -0.25) is 4.79 Å². The minimum Gasteiger partial charge on any atom is -0.452 e. The monoisotopic (exact) mass is 380 g/mol. The van der Waals surface area contributed by atoms with Gasteiger partial charge in [-0.05, 0) is 60.9 Å². The lowest BCUT2D eigenvalue weighted by molar-refractivity contribution is -0.142. The molecule has 0 saturated heterocycles. The van der Waals surface area contributed by atoms with E-state index in [0.29, 0.717) is 11.3 Å². The number of ether oxygens (including phenoxy) is 1. The summed E-state index contributed by atoms with van der Waals surface area (Å²) < 4.78 is 18.1. The van der Waals surface area contributed by atoms with Crippen LogP contribution >= 0.6 is 0 Å². The molecule has 2 aromatic carbocycles. The van der Waals surface area contributed by atoms with Crippen molar-refractivity contribution in [2.24, 2.45) is 0 Å². The molecule has 0 N–H and O–H groups in total. The Balaban J connectivity index is 2.02. The molecule has 2 aromatic rings. The van der Waals surface area contributed by atoms with Gasteiger partial charge < -0.3 is 9.64 Å². The average molecular weight is 380 g/mol. The molecule has 28 heavy (non-hydrogen) atoms. The van der Waals surface area contributed by atoms with Crippen molar-refractivity contribution >= 4 is 23.6 Å². The van der Waals surface area contributed by atoms with Crippen molar-refractivity contribution in [2.45, 2.75) is 20.3 Å². The van der Waals surface area contributed by atoms with Gasteiger partial charge in [0.1, 0.15) is 5.82 Å². The number of rotatable bonds is 7. The largest absolute Gasteiger partial charge is 0.452 e. The summed E-state index contributed by atoms with van der Waals surface area (Å²) in [5.41, 5.74) is 3.14. The lowest BCUT2D eigenvalue weighted by atomic mass is 10.1. The maximum absolute atomic E-state index is 13.1. The van der Waals surface area contributed by atoms with Crippen LogP contribution < -0.4 is 4.90 Å². The normalized spacial score (nSPS) is 10.5. The molecule has 1 amide bonds. The van der Waals surface area contributed by atoms with E-state index >= 15 is 0 Å². The summed E-state index contributed by atoms with van der Waals surface area (Å²) in [5.74, 6) is -1.54. The number of esters is 1. The van der Waals surface area contributed by atoms with Crippen molar-refractivity contribution in [3.63, 3.8) is 0 Å². The number of anilines is 1. The highest BCUT2D eigenvalue weighted by Gasteiger charge is 2.17. The standard InChI is InChI=1S/C22H21FN2O3/c1-16-11-17(2)13-20(12-16)25(10-4-9-24)21(26)15-28-22(27)8-7-18-5-3-6-19(23)14-18/h3,5-8,11-14H,4,10,15H2,1-2H3/b8-7+. The molecule has 2 rings (SSSR count). The second-order valence-electron chi connectivity index (χ2n) is 6.30. The second kappa shape index (κ2) is 10.0. The third-order valence-corrected chi connectivity index (χ3v) is 3.86. The highest BCUT2D eigenvalue weighted by atomic mass is 19.1. The first-order chi connectivity index (χ1) is 13.4. The quantitative estimate of drug-likeness (QED) is 0.539. The Labute approximate surface area is 163 Å². The van der Waals surface area contributed by atoms with E-state index < -0.39 is 24.3 Å². The fourth-order valence-corrected chi connectivity index (χ4v) is 2.70. The number of nitrogens with zero attached hydrogens (tertiary/aromatic N) is 2. The first-order valence-corrected chi connectivity index (χ1v) is 8.75. The van der Waals surface area contributed by atoms with Crippen LogP contribution in [-0.4, -0.2) is 25.0 Å². The number of hydrogen-bond donors (Lipinski definition) is 0. The van der Waals surface area contributed by atoms with Gasteiger partial charge in [0.05, 0.1) is 12.5 Å². The number of nitriles is 1. The van der Waals surface area contributed by atoms with Crippen LogP contribution in [-0.2, 0) is 14.3 Å². The highest BCUT2D eigenvalue weighted by molar-refractivity contribution is 5.96. The fraction of sp³-hybridized carbons (Fsp3) is 0.227. The molecule has 0 spiro atoms. The van der Waals surface area contributed by atoms with E-state index in [0.717, 1.165) is 17.2 Å². The molecule has 6 heteroatoms. The molecule has 0 aliphatic rings. The SMILES string of the molecule is Cc1cc(C)cc(N(CCC#N)C(=O)COC(=O)/C=C/c2cccc(F)c2)c1. The molecule has 0 aliphatic carbocycles. The number of halogens is 1. The van der Waals surface area contributed by atoms with Crippen LogP contribution in [0.3, 0.4) is 0 Å². The zero-order valence-electron chi connectivity index (χ0n) is 15.8. The zero-order valence-corrected chi connectivity index (χ0v) is 15.8. The summed E-state index contributed by atoms with van der Waals surface area (Å²) in [5, 5.41) is 8.86. The maximum atomic E-state index is 13.1. The van der Waals surface area contributed by atoms with Crippen LogP contribution in [0.1, 0.15) is 23.1 Å². The molecule has 0 heterocycles. The van der Waals surface area contributed by atoms with Crippen molar-refractivity contribution in [2.75, 3.05) is 18.1 Å². The van der Waals surface area contributed by atoms with Gasteiger partial charge in [0.15, 0.2) is 6.61 Å². The van der Waals surface area contributed by atoms with Gasteiger partial charge >= 0.3 is 5.97 Å². The van der Waals surface area contributed by atoms with Crippen LogP contribution in [0.2, 0.25) is 0 Å². The summed E-state index contributed by atoms with van der Waals surface area (Å²) in [7, 11) is 0. The summed E-state index contributed by atoms with van der Waals surface area (Å²) in [4.78, 5) is 25.9. The van der Waals surface area contributed by atoms with Gasteiger partial charge in [-0.15, -0.1) is 0 Å². The Morgan fingerprint density at radius 2 is 1.89 bits per heavy atom. The highest BCUT2D eigenvalue weighted by Crippen LogP contribution is 2.19. The van der Waals surface area contributed by atoms with E-state index in [9.17, 15) is 14.0 Å². The summed E-state index contributed by atoms with van der Waals surface area (Å²) in [6.07, 6.45) is 2.71. The Hall–Kier alpha value is -3.46. The van der Waals surface area contributed by atoms with Crippen molar-refractivity contribution in [1.82, 2.24) is 0 Å². The van der Waals surface area contributed by atoms with E-state index in [2.05, 4.69) is 0 Å². The predicted molar refractivity (Wildman–Crippen MR) is 105 cm³/mol. The molecule has 0 radical (unpaired) electrons. The molecule has 0 saturated carbocycles. The van der Waals surface area contributed by atoms with E-state index in [1.54, 1.807) is 6.07 Å². The number of amides is 1. The number of aryl methyl sites for hydroxylation is 2. The number of carbonyl (C=O) groups is 2. The van der Waals surface area contributed by atoms with Gasteiger partial charge in [0.25, 0.3) is 5.91 Å². The van der Waals surface area contributed by atoms with E-state index in [4.69, 9.17) is 10.00 Å². The molecular formula is C22H21FN2O3. The Morgan fingerprint density at radius 3 is 2.54 bits per heavy atom. The molecule has 144 valence electrons. The molecule has 0 unspecified atom stereocenters. The van der Waals surface area contributed by atoms with E-state index in [1.807, 2.05) is 38.1 Å². The molecule has 0 fully saturated rings. The van der Waals surface area contributed by atoms with Crippen LogP contribution in [0.5, 0.6) is 0 Å². The Bertz CT molecular complexity index is 911. The van der Waals surface area contributed by atoms with Crippen LogP contribution in [0.4, 0.5) is 10.1 Å². The summed E-state index contributed by atoms with van der Waals surface area (Å²) in [6.45, 7) is 3.58. The van der Waals surface area contributed by atoms with Gasteiger partial charge in [0, 0.05) is 18.3 Å². The molecule has 0 bridgehead atoms. The lowest BCUT2D eigenvalue weighted by Gasteiger charge is -2.22. The third kappa shape index (κ3) is 6.36. The van der Waals surface area contributed by atoms with Crippen LogP contribution in [0.25, 0.3) is 6.08 Å². The average Bonchev–Trinajstić information content (AvgIpc) is 2.64. The first-order valence-electron chi connectivity index (χ1n) is 8.75. The smallest absolute Gasteiger partial charge is 0.331 e. The number of carbonyl (C=O) groups excluding carboxylic acids is 2. The van der Waals surface area contributed by atoms with Gasteiger partial charge in [-0.2, -0.15) is 5.26 Å². The van der Waals surface area contributed by atoms with E-state index in [-0.39, 0.29) is 13.0 Å². The third-order valence-electron chi connectivity index (χ3n) is 3.86. The molecule has 0 aliphatic heterocycles. The summed E-state index contributed by atoms with van der Waals surface area (Å²) in [6, 6.07) is 13.4. The molecule has 5 nitrogen and oxygen atoms in total. The van der Waals surface area contributed by atoms with Crippen molar-refractivity contribution in [1.29, 1.82) is 5.26 Å². The zero-order chi connectivity index (χ0) is 20.5. The number of benzene rings is 2. The summed E-state index contributed by atoms with van der Waals surface area (Å²) >= 11 is 0. The first kappa shape index (κ1) is 20.8. The predicted octanol–water partition coefficient (Wildman–Crippen LogP) is 3.95. The maximum Gasteiger partial charge on any atom is 0.331 e.